The average Bonchev–Trinajstić information content (AvgIpc) is 2.95. The van der Waals surface area contributed by atoms with Crippen molar-refractivity contribution in [3.8, 4) is 0 Å². The van der Waals surface area contributed by atoms with Gasteiger partial charge in [0.05, 0.1) is 18.4 Å². The van der Waals surface area contributed by atoms with E-state index in [9.17, 15) is 4.79 Å². The van der Waals surface area contributed by atoms with Crippen LogP contribution in [0.5, 0.6) is 0 Å². The lowest BCUT2D eigenvalue weighted by atomic mass is 10.3. The molecular formula is C14H21N5O. The van der Waals surface area contributed by atoms with Gasteiger partial charge in [0.2, 0.25) is 0 Å². The molecule has 0 spiro atoms. The van der Waals surface area contributed by atoms with Crippen LogP contribution in [0.3, 0.4) is 0 Å². The SMILES string of the molecule is Cc1cnn(CCNC(=O)c2cc(N)cn2C(C)C)c1. The lowest BCUT2D eigenvalue weighted by Crippen LogP contribution is -2.29. The second kappa shape index (κ2) is 5.81. The highest BCUT2D eigenvalue weighted by atomic mass is 16.1. The van der Waals surface area contributed by atoms with Gasteiger partial charge in [-0.2, -0.15) is 5.10 Å². The van der Waals surface area contributed by atoms with Crippen LogP contribution in [0.4, 0.5) is 5.69 Å². The molecule has 20 heavy (non-hydrogen) atoms. The first-order valence-electron chi connectivity index (χ1n) is 6.72. The number of carbonyl (C=O) groups excluding carboxylic acids is 1. The zero-order chi connectivity index (χ0) is 14.7. The lowest BCUT2D eigenvalue weighted by molar-refractivity contribution is 0.0941. The molecule has 0 bridgehead atoms. The summed E-state index contributed by atoms with van der Waals surface area (Å²) in [7, 11) is 0. The van der Waals surface area contributed by atoms with E-state index in [4.69, 9.17) is 5.73 Å². The molecule has 108 valence electrons. The highest BCUT2D eigenvalue weighted by Gasteiger charge is 2.14. The molecule has 0 saturated carbocycles. The topological polar surface area (TPSA) is 77.9 Å². The molecule has 0 fully saturated rings. The summed E-state index contributed by atoms with van der Waals surface area (Å²) in [6, 6.07) is 1.90. The zero-order valence-electron chi connectivity index (χ0n) is 12.1. The van der Waals surface area contributed by atoms with Crippen molar-refractivity contribution in [2.75, 3.05) is 12.3 Å². The summed E-state index contributed by atoms with van der Waals surface area (Å²) < 4.78 is 3.69. The molecule has 0 radical (unpaired) electrons. The maximum absolute atomic E-state index is 12.2. The van der Waals surface area contributed by atoms with E-state index in [1.165, 1.54) is 0 Å². The molecule has 0 atom stereocenters. The van der Waals surface area contributed by atoms with Crippen molar-refractivity contribution in [3.63, 3.8) is 0 Å². The summed E-state index contributed by atoms with van der Waals surface area (Å²) in [6.45, 7) is 7.20. The fourth-order valence-electron chi connectivity index (χ4n) is 2.07. The fraction of sp³-hybridized carbons (Fsp3) is 0.429. The molecule has 3 N–H and O–H groups in total. The molecule has 2 aromatic rings. The molecule has 0 unspecified atom stereocenters. The average molecular weight is 275 g/mol. The molecule has 2 aromatic heterocycles. The Bertz CT molecular complexity index is 596. The van der Waals surface area contributed by atoms with Crippen molar-refractivity contribution < 1.29 is 4.79 Å². The van der Waals surface area contributed by atoms with Crippen LogP contribution < -0.4 is 11.1 Å². The molecule has 0 aliphatic rings. The summed E-state index contributed by atoms with van der Waals surface area (Å²) in [5, 5.41) is 7.06. The van der Waals surface area contributed by atoms with Crippen molar-refractivity contribution in [2.45, 2.75) is 33.4 Å². The number of anilines is 1. The summed E-state index contributed by atoms with van der Waals surface area (Å²) in [5.41, 5.74) is 8.07. The highest BCUT2D eigenvalue weighted by molar-refractivity contribution is 5.93. The number of aromatic nitrogens is 3. The molecule has 2 heterocycles. The van der Waals surface area contributed by atoms with Gasteiger partial charge < -0.3 is 15.6 Å². The molecule has 0 saturated heterocycles. The van der Waals surface area contributed by atoms with Crippen LogP contribution in [0.2, 0.25) is 0 Å². The Balaban J connectivity index is 1.95. The van der Waals surface area contributed by atoms with Gasteiger partial charge in [-0.15, -0.1) is 0 Å². The Kier molecular flexibility index (Phi) is 4.12. The van der Waals surface area contributed by atoms with Gasteiger partial charge >= 0.3 is 0 Å². The van der Waals surface area contributed by atoms with E-state index in [1.54, 1.807) is 18.5 Å². The van der Waals surface area contributed by atoms with Gasteiger partial charge in [0, 0.05) is 25.0 Å². The number of aryl methyl sites for hydroxylation is 1. The minimum absolute atomic E-state index is 0.112. The van der Waals surface area contributed by atoms with E-state index < -0.39 is 0 Å². The number of rotatable bonds is 5. The Morgan fingerprint density at radius 3 is 2.80 bits per heavy atom. The Hall–Kier alpha value is -2.24. The molecule has 1 amide bonds. The maximum Gasteiger partial charge on any atom is 0.268 e. The second-order valence-corrected chi connectivity index (χ2v) is 5.20. The third-order valence-corrected chi connectivity index (χ3v) is 3.05. The van der Waals surface area contributed by atoms with Gasteiger partial charge in [-0.1, -0.05) is 0 Å². The third-order valence-electron chi connectivity index (χ3n) is 3.05. The van der Waals surface area contributed by atoms with E-state index in [0.29, 0.717) is 24.5 Å². The van der Waals surface area contributed by atoms with Crippen LogP contribution in [0.15, 0.2) is 24.7 Å². The Morgan fingerprint density at radius 2 is 2.20 bits per heavy atom. The van der Waals surface area contributed by atoms with Crippen LogP contribution in [-0.4, -0.2) is 26.8 Å². The van der Waals surface area contributed by atoms with E-state index in [0.717, 1.165) is 5.56 Å². The number of nitrogen functional groups attached to an aromatic ring is 1. The number of nitrogens with two attached hydrogens (primary N) is 1. The molecule has 0 aliphatic carbocycles. The van der Waals surface area contributed by atoms with Gasteiger partial charge in [-0.3, -0.25) is 9.48 Å². The Morgan fingerprint density at radius 1 is 1.45 bits per heavy atom. The van der Waals surface area contributed by atoms with Gasteiger partial charge in [-0.25, -0.2) is 0 Å². The lowest BCUT2D eigenvalue weighted by Gasteiger charge is -2.12. The summed E-state index contributed by atoms with van der Waals surface area (Å²) in [6.07, 6.45) is 5.53. The van der Waals surface area contributed by atoms with Gasteiger partial charge in [0.1, 0.15) is 5.69 Å². The standard InChI is InChI=1S/C14H21N5O/c1-10(2)19-9-12(15)6-13(19)14(20)16-4-5-18-8-11(3)7-17-18/h6-10H,4-5,15H2,1-3H3,(H,16,20). The largest absolute Gasteiger partial charge is 0.397 e. The number of nitrogens with zero attached hydrogens (tertiary/aromatic N) is 3. The van der Waals surface area contributed by atoms with E-state index in [2.05, 4.69) is 10.4 Å². The summed E-state index contributed by atoms with van der Waals surface area (Å²) >= 11 is 0. The predicted molar refractivity (Wildman–Crippen MR) is 78.5 cm³/mol. The van der Waals surface area contributed by atoms with Gasteiger partial charge in [0.15, 0.2) is 0 Å². The summed E-state index contributed by atoms with van der Waals surface area (Å²) in [4.78, 5) is 12.2. The van der Waals surface area contributed by atoms with Crippen molar-refractivity contribution in [1.29, 1.82) is 0 Å². The first-order valence-corrected chi connectivity index (χ1v) is 6.72. The number of hydrogen-bond acceptors (Lipinski definition) is 3. The predicted octanol–water partition coefficient (Wildman–Crippen LogP) is 1.59. The van der Waals surface area contributed by atoms with Crippen LogP contribution >= 0.6 is 0 Å². The van der Waals surface area contributed by atoms with Crippen LogP contribution in [0.25, 0.3) is 0 Å². The molecule has 2 rings (SSSR count). The van der Waals surface area contributed by atoms with Crippen LogP contribution in [0.1, 0.15) is 35.9 Å². The Labute approximate surface area is 118 Å². The van der Waals surface area contributed by atoms with E-state index in [1.807, 2.05) is 36.2 Å². The molecule has 6 nitrogen and oxygen atoms in total. The summed E-state index contributed by atoms with van der Waals surface area (Å²) in [5.74, 6) is -0.112. The van der Waals surface area contributed by atoms with E-state index >= 15 is 0 Å². The number of nitrogens with one attached hydrogen (secondary N) is 1. The van der Waals surface area contributed by atoms with Gasteiger partial charge in [0.25, 0.3) is 5.91 Å². The first-order chi connectivity index (χ1) is 9.47. The number of carbonyl (C=O) groups is 1. The molecular weight excluding hydrogens is 254 g/mol. The molecule has 0 aliphatic heterocycles. The number of amides is 1. The fourth-order valence-corrected chi connectivity index (χ4v) is 2.07. The zero-order valence-corrected chi connectivity index (χ0v) is 12.1. The highest BCUT2D eigenvalue weighted by Crippen LogP contribution is 2.16. The number of hydrogen-bond donors (Lipinski definition) is 2. The molecule has 0 aromatic carbocycles. The maximum atomic E-state index is 12.2. The monoisotopic (exact) mass is 275 g/mol. The third kappa shape index (κ3) is 3.20. The van der Waals surface area contributed by atoms with Crippen molar-refractivity contribution in [1.82, 2.24) is 19.7 Å². The minimum Gasteiger partial charge on any atom is -0.397 e. The van der Waals surface area contributed by atoms with Gasteiger partial charge in [-0.05, 0) is 32.4 Å². The van der Waals surface area contributed by atoms with Crippen LogP contribution in [-0.2, 0) is 6.54 Å². The first kappa shape index (κ1) is 14.2. The second-order valence-electron chi connectivity index (χ2n) is 5.20. The van der Waals surface area contributed by atoms with Crippen molar-refractivity contribution in [3.05, 3.63) is 35.9 Å². The normalized spacial score (nSPS) is 11.0. The molecule has 6 heteroatoms. The quantitative estimate of drug-likeness (QED) is 0.869. The minimum atomic E-state index is -0.112. The van der Waals surface area contributed by atoms with E-state index in [-0.39, 0.29) is 11.9 Å². The van der Waals surface area contributed by atoms with Crippen molar-refractivity contribution >= 4 is 11.6 Å². The van der Waals surface area contributed by atoms with Crippen molar-refractivity contribution in [2.24, 2.45) is 0 Å². The smallest absolute Gasteiger partial charge is 0.268 e. The van der Waals surface area contributed by atoms with Crippen LogP contribution in [0, 0.1) is 6.92 Å².